The highest BCUT2D eigenvalue weighted by molar-refractivity contribution is 7.90. The average Bonchev–Trinajstić information content (AvgIpc) is 2.95. The number of hydrogen-bond acceptors (Lipinski definition) is 5. The zero-order valence-corrected chi connectivity index (χ0v) is 15.5. The second kappa shape index (κ2) is 6.93. The van der Waals surface area contributed by atoms with Crippen LogP contribution in [0, 0.1) is 0 Å². The number of amides is 1. The summed E-state index contributed by atoms with van der Waals surface area (Å²) < 4.78 is 24.0. The normalized spacial score (nSPS) is 12.9. The van der Waals surface area contributed by atoms with Crippen LogP contribution in [-0.2, 0) is 14.6 Å². The van der Waals surface area contributed by atoms with Crippen molar-refractivity contribution in [2.75, 3.05) is 11.6 Å². The van der Waals surface area contributed by atoms with Gasteiger partial charge in [-0.05, 0) is 29.7 Å². The molecule has 7 heteroatoms. The highest BCUT2D eigenvalue weighted by Crippen LogP contribution is 2.29. The summed E-state index contributed by atoms with van der Waals surface area (Å²) in [5.41, 5.74) is 1.78. The molecule has 0 aliphatic heterocycles. The van der Waals surface area contributed by atoms with Gasteiger partial charge in [0.1, 0.15) is 0 Å². The minimum atomic E-state index is -3.26. The van der Waals surface area contributed by atoms with E-state index in [1.54, 1.807) is 12.1 Å². The van der Waals surface area contributed by atoms with Crippen molar-refractivity contribution in [3.05, 3.63) is 54.1 Å². The number of benzene rings is 2. The molecule has 5 nitrogen and oxygen atoms in total. The van der Waals surface area contributed by atoms with E-state index in [9.17, 15) is 13.2 Å². The Morgan fingerprint density at radius 2 is 1.92 bits per heavy atom. The molecular formula is C18H18N2O3S2. The number of thiazole rings is 1. The van der Waals surface area contributed by atoms with Crippen LogP contribution in [0.5, 0.6) is 0 Å². The van der Waals surface area contributed by atoms with Crippen LogP contribution in [0.3, 0.4) is 0 Å². The topological polar surface area (TPSA) is 76.1 Å². The minimum Gasteiger partial charge on any atom is -0.302 e. The van der Waals surface area contributed by atoms with Crippen LogP contribution in [0.15, 0.2) is 53.4 Å². The van der Waals surface area contributed by atoms with Gasteiger partial charge < -0.3 is 5.32 Å². The highest BCUT2D eigenvalue weighted by atomic mass is 32.2. The van der Waals surface area contributed by atoms with Gasteiger partial charge in [-0.3, -0.25) is 4.79 Å². The molecule has 1 aromatic heterocycles. The van der Waals surface area contributed by atoms with Gasteiger partial charge in [-0.1, -0.05) is 48.6 Å². The fourth-order valence-electron chi connectivity index (χ4n) is 2.54. The van der Waals surface area contributed by atoms with E-state index < -0.39 is 9.84 Å². The summed E-state index contributed by atoms with van der Waals surface area (Å²) in [6, 6.07) is 14.6. The van der Waals surface area contributed by atoms with Crippen LogP contribution in [0.25, 0.3) is 10.2 Å². The molecule has 0 radical (unpaired) electrons. The number of hydrogen-bond donors (Lipinski definition) is 1. The molecule has 130 valence electrons. The van der Waals surface area contributed by atoms with Gasteiger partial charge in [0, 0.05) is 12.7 Å². The fraction of sp³-hybridized carbons (Fsp3) is 0.222. The van der Waals surface area contributed by atoms with Gasteiger partial charge in [0.15, 0.2) is 15.0 Å². The Morgan fingerprint density at radius 3 is 2.60 bits per heavy atom. The lowest BCUT2D eigenvalue weighted by Crippen LogP contribution is -2.14. The summed E-state index contributed by atoms with van der Waals surface area (Å²) in [6.45, 7) is 2.01. The predicted octanol–water partition coefficient (Wildman–Crippen LogP) is 3.83. The summed E-state index contributed by atoms with van der Waals surface area (Å²) in [5, 5.41) is 3.29. The molecule has 0 aliphatic rings. The van der Waals surface area contributed by atoms with Crippen LogP contribution in [-0.4, -0.2) is 25.6 Å². The Balaban J connectivity index is 1.73. The van der Waals surface area contributed by atoms with Gasteiger partial charge in [0.05, 0.1) is 15.1 Å². The molecule has 3 rings (SSSR count). The van der Waals surface area contributed by atoms with Crippen molar-refractivity contribution in [1.82, 2.24) is 4.98 Å². The van der Waals surface area contributed by atoms with Gasteiger partial charge in [-0.15, -0.1) is 0 Å². The van der Waals surface area contributed by atoms with Gasteiger partial charge >= 0.3 is 0 Å². The van der Waals surface area contributed by atoms with E-state index in [4.69, 9.17) is 0 Å². The second-order valence-corrected chi connectivity index (χ2v) is 9.03. The first-order valence-corrected chi connectivity index (χ1v) is 10.5. The Bertz CT molecular complexity index is 1010. The molecule has 2 aromatic carbocycles. The molecule has 1 N–H and O–H groups in total. The van der Waals surface area contributed by atoms with Crippen molar-refractivity contribution < 1.29 is 13.2 Å². The number of carbonyl (C=O) groups excluding carboxylic acids is 1. The van der Waals surface area contributed by atoms with Gasteiger partial charge in [0.2, 0.25) is 5.91 Å². The molecular weight excluding hydrogens is 356 g/mol. The number of anilines is 1. The maximum Gasteiger partial charge on any atom is 0.226 e. The van der Waals surface area contributed by atoms with E-state index in [-0.39, 0.29) is 16.7 Å². The third-order valence-electron chi connectivity index (χ3n) is 3.89. The maximum atomic E-state index is 12.3. The minimum absolute atomic E-state index is 0.104. The maximum absolute atomic E-state index is 12.3. The summed E-state index contributed by atoms with van der Waals surface area (Å²) in [4.78, 5) is 16.9. The van der Waals surface area contributed by atoms with Crippen LogP contribution in [0.2, 0.25) is 0 Å². The van der Waals surface area contributed by atoms with Crippen molar-refractivity contribution in [2.24, 2.45) is 0 Å². The van der Waals surface area contributed by atoms with Crippen molar-refractivity contribution in [1.29, 1.82) is 0 Å². The van der Waals surface area contributed by atoms with E-state index in [2.05, 4.69) is 10.3 Å². The van der Waals surface area contributed by atoms with Crippen LogP contribution in [0.4, 0.5) is 5.13 Å². The number of sulfone groups is 1. The number of carbonyl (C=O) groups is 1. The molecule has 0 unspecified atom stereocenters. The Hall–Kier alpha value is -2.25. The molecule has 0 fully saturated rings. The highest BCUT2D eigenvalue weighted by Gasteiger charge is 2.14. The van der Waals surface area contributed by atoms with E-state index in [0.29, 0.717) is 17.1 Å². The van der Waals surface area contributed by atoms with Crippen LogP contribution >= 0.6 is 11.3 Å². The van der Waals surface area contributed by atoms with E-state index in [0.717, 1.165) is 10.3 Å². The standard InChI is InChI=1S/C18H18N2O3S2/c1-12(13-6-4-3-5-7-13)10-17(21)20-18-19-15-9-8-14(25(2,22)23)11-16(15)24-18/h3-9,11-12H,10H2,1-2H3,(H,19,20,21)/t12-/m1/s1. The fourth-order valence-corrected chi connectivity index (χ4v) is 4.18. The molecule has 0 spiro atoms. The molecule has 0 bridgehead atoms. The summed E-state index contributed by atoms with van der Waals surface area (Å²) in [7, 11) is -3.26. The Labute approximate surface area is 150 Å². The smallest absolute Gasteiger partial charge is 0.226 e. The third kappa shape index (κ3) is 4.24. The number of nitrogens with one attached hydrogen (secondary N) is 1. The predicted molar refractivity (Wildman–Crippen MR) is 101 cm³/mol. The zero-order chi connectivity index (χ0) is 18.0. The molecule has 3 aromatic rings. The Morgan fingerprint density at radius 1 is 1.20 bits per heavy atom. The first kappa shape index (κ1) is 17.6. The van der Waals surface area contributed by atoms with E-state index in [1.807, 2.05) is 37.3 Å². The SMILES string of the molecule is C[C@H](CC(=O)Nc1nc2ccc(S(C)(=O)=O)cc2s1)c1ccccc1. The van der Waals surface area contributed by atoms with E-state index in [1.165, 1.54) is 23.7 Å². The van der Waals surface area contributed by atoms with E-state index >= 15 is 0 Å². The average molecular weight is 374 g/mol. The zero-order valence-electron chi connectivity index (χ0n) is 13.9. The largest absolute Gasteiger partial charge is 0.302 e. The van der Waals surface area contributed by atoms with Crippen LogP contribution < -0.4 is 5.32 Å². The lowest BCUT2D eigenvalue weighted by molar-refractivity contribution is -0.116. The molecule has 25 heavy (non-hydrogen) atoms. The number of nitrogens with zero attached hydrogens (tertiary/aromatic N) is 1. The van der Waals surface area contributed by atoms with Crippen molar-refractivity contribution in [3.8, 4) is 0 Å². The first-order chi connectivity index (χ1) is 11.8. The summed E-state index contributed by atoms with van der Waals surface area (Å²) in [5.74, 6) is -0.00818. The summed E-state index contributed by atoms with van der Waals surface area (Å²) >= 11 is 1.27. The number of aromatic nitrogens is 1. The quantitative estimate of drug-likeness (QED) is 0.736. The first-order valence-electron chi connectivity index (χ1n) is 7.78. The molecule has 1 amide bonds. The van der Waals surface area contributed by atoms with Gasteiger partial charge in [-0.25, -0.2) is 13.4 Å². The third-order valence-corrected chi connectivity index (χ3v) is 5.94. The van der Waals surface area contributed by atoms with Crippen molar-refractivity contribution in [2.45, 2.75) is 24.2 Å². The second-order valence-electron chi connectivity index (χ2n) is 5.98. The van der Waals surface area contributed by atoms with Crippen LogP contribution in [0.1, 0.15) is 24.8 Å². The van der Waals surface area contributed by atoms with Crippen molar-refractivity contribution in [3.63, 3.8) is 0 Å². The van der Waals surface area contributed by atoms with Crippen molar-refractivity contribution >= 4 is 42.4 Å². The molecule has 0 aliphatic carbocycles. The Kier molecular flexibility index (Phi) is 4.87. The lowest BCUT2D eigenvalue weighted by atomic mass is 9.98. The van der Waals surface area contributed by atoms with Gasteiger partial charge in [-0.2, -0.15) is 0 Å². The monoisotopic (exact) mass is 374 g/mol. The summed E-state index contributed by atoms with van der Waals surface area (Å²) in [6.07, 6.45) is 1.53. The number of fused-ring (bicyclic) bond motifs is 1. The number of rotatable bonds is 5. The molecule has 1 heterocycles. The molecule has 0 saturated carbocycles. The molecule has 0 saturated heterocycles. The van der Waals surface area contributed by atoms with Gasteiger partial charge in [0.25, 0.3) is 0 Å². The lowest BCUT2D eigenvalue weighted by Gasteiger charge is -2.10. The molecule has 1 atom stereocenters.